The van der Waals surface area contributed by atoms with Crippen molar-refractivity contribution in [2.45, 2.75) is 51.1 Å². The van der Waals surface area contributed by atoms with Gasteiger partial charge in [0.2, 0.25) is 0 Å². The van der Waals surface area contributed by atoms with Crippen molar-refractivity contribution in [3.63, 3.8) is 0 Å². The van der Waals surface area contributed by atoms with Gasteiger partial charge in [-0.2, -0.15) is 10.2 Å². The van der Waals surface area contributed by atoms with Crippen LogP contribution < -0.4 is 10.5 Å². The molecule has 0 N–H and O–H groups in total. The van der Waals surface area contributed by atoms with Gasteiger partial charge < -0.3 is 4.90 Å². The van der Waals surface area contributed by atoms with E-state index in [-0.39, 0.29) is 11.6 Å². The molecule has 2 aliphatic rings. The zero-order valence-corrected chi connectivity index (χ0v) is 13.2. The third-order valence-electron chi connectivity index (χ3n) is 4.90. The summed E-state index contributed by atoms with van der Waals surface area (Å²) in [5, 5.41) is 13.1. The third-order valence-corrected chi connectivity index (χ3v) is 4.90. The Morgan fingerprint density at radius 1 is 1.17 bits per heavy atom. The van der Waals surface area contributed by atoms with Crippen LogP contribution >= 0.6 is 0 Å². The van der Waals surface area contributed by atoms with Gasteiger partial charge in [-0.15, -0.1) is 5.10 Å². The molecule has 6 nitrogen and oxygen atoms in total. The Bertz CT molecular complexity index is 757. The van der Waals surface area contributed by atoms with Crippen molar-refractivity contribution >= 4 is 5.82 Å². The molecule has 23 heavy (non-hydrogen) atoms. The Kier molecular flexibility index (Phi) is 3.81. The predicted octanol–water partition coefficient (Wildman–Crippen LogP) is 1.58. The molecule has 0 saturated carbocycles. The second-order valence-corrected chi connectivity index (χ2v) is 6.42. The molecule has 4 rings (SSSR count). The van der Waals surface area contributed by atoms with Crippen LogP contribution in [0.2, 0.25) is 0 Å². The van der Waals surface area contributed by atoms with Gasteiger partial charge in [0.1, 0.15) is 0 Å². The van der Waals surface area contributed by atoms with Crippen molar-refractivity contribution in [1.82, 2.24) is 20.0 Å². The molecule has 0 amide bonds. The summed E-state index contributed by atoms with van der Waals surface area (Å²) in [6.07, 6.45) is 8.46. The average molecular weight is 311 g/mol. The molecule has 1 unspecified atom stereocenters. The summed E-state index contributed by atoms with van der Waals surface area (Å²) in [6.45, 7) is 1.58. The van der Waals surface area contributed by atoms with Crippen LogP contribution in [0.1, 0.15) is 36.9 Å². The molecule has 0 spiro atoms. The summed E-state index contributed by atoms with van der Waals surface area (Å²) >= 11 is 0. The van der Waals surface area contributed by atoms with Gasteiger partial charge in [0, 0.05) is 18.8 Å². The molecule has 1 fully saturated rings. The topological polar surface area (TPSA) is 63.9 Å². The van der Waals surface area contributed by atoms with Crippen LogP contribution in [0.4, 0.5) is 5.82 Å². The SMILES string of the molecule is O=c1cccnn1CC1CCCN1c1cc2c(nn1)CCCC2. The number of aromatic nitrogens is 4. The fourth-order valence-corrected chi connectivity index (χ4v) is 3.67. The quantitative estimate of drug-likeness (QED) is 0.861. The molecule has 6 heteroatoms. The van der Waals surface area contributed by atoms with Gasteiger partial charge in [-0.3, -0.25) is 4.79 Å². The van der Waals surface area contributed by atoms with Crippen molar-refractivity contribution in [1.29, 1.82) is 0 Å². The fourth-order valence-electron chi connectivity index (χ4n) is 3.67. The number of hydrogen-bond donors (Lipinski definition) is 0. The molecule has 2 aromatic heterocycles. The summed E-state index contributed by atoms with van der Waals surface area (Å²) in [5.41, 5.74) is 2.47. The lowest BCUT2D eigenvalue weighted by Gasteiger charge is -2.26. The minimum Gasteiger partial charge on any atom is -0.350 e. The van der Waals surface area contributed by atoms with Crippen LogP contribution in [-0.2, 0) is 19.4 Å². The Morgan fingerprint density at radius 3 is 3.00 bits per heavy atom. The first-order valence-electron chi connectivity index (χ1n) is 8.45. The van der Waals surface area contributed by atoms with E-state index in [1.807, 2.05) is 0 Å². The van der Waals surface area contributed by atoms with Gasteiger partial charge in [-0.05, 0) is 56.2 Å². The van der Waals surface area contributed by atoms with Gasteiger partial charge in [-0.25, -0.2) is 4.68 Å². The molecule has 0 aromatic carbocycles. The van der Waals surface area contributed by atoms with Crippen molar-refractivity contribution < 1.29 is 0 Å². The maximum Gasteiger partial charge on any atom is 0.266 e. The zero-order chi connectivity index (χ0) is 15.6. The molecule has 1 aliphatic heterocycles. The molecule has 1 aliphatic carbocycles. The highest BCUT2D eigenvalue weighted by atomic mass is 16.1. The van der Waals surface area contributed by atoms with Gasteiger partial charge >= 0.3 is 0 Å². The summed E-state index contributed by atoms with van der Waals surface area (Å²) in [6, 6.07) is 5.71. The standard InChI is InChI=1S/C17H21N5O/c23-17-8-3-9-18-22(17)12-14-6-4-10-21(14)16-11-13-5-1-2-7-15(13)19-20-16/h3,8-9,11,14H,1-2,4-7,10,12H2. The maximum absolute atomic E-state index is 11.9. The van der Waals surface area contributed by atoms with Crippen LogP contribution in [0.5, 0.6) is 0 Å². The zero-order valence-electron chi connectivity index (χ0n) is 13.2. The monoisotopic (exact) mass is 311 g/mol. The van der Waals surface area contributed by atoms with Crippen molar-refractivity contribution in [2.75, 3.05) is 11.4 Å². The molecular formula is C17H21N5O. The maximum atomic E-state index is 11.9. The largest absolute Gasteiger partial charge is 0.350 e. The van der Waals surface area contributed by atoms with Crippen molar-refractivity contribution in [3.05, 3.63) is 46.0 Å². The summed E-state index contributed by atoms with van der Waals surface area (Å²) in [4.78, 5) is 14.2. The van der Waals surface area contributed by atoms with Crippen LogP contribution in [0.25, 0.3) is 0 Å². The molecular weight excluding hydrogens is 290 g/mol. The second-order valence-electron chi connectivity index (χ2n) is 6.42. The first-order valence-corrected chi connectivity index (χ1v) is 8.45. The number of rotatable bonds is 3. The van der Waals surface area contributed by atoms with E-state index in [0.29, 0.717) is 6.54 Å². The normalized spacial score (nSPS) is 20.5. The van der Waals surface area contributed by atoms with Gasteiger partial charge in [0.05, 0.1) is 18.3 Å². The number of aryl methyl sites for hydroxylation is 2. The lowest BCUT2D eigenvalue weighted by Crippen LogP contribution is -2.37. The number of anilines is 1. The van der Waals surface area contributed by atoms with Crippen LogP contribution in [0, 0.1) is 0 Å². The molecule has 120 valence electrons. The average Bonchev–Trinajstić information content (AvgIpc) is 3.05. The predicted molar refractivity (Wildman–Crippen MR) is 87.5 cm³/mol. The fraction of sp³-hybridized carbons (Fsp3) is 0.529. The molecule has 0 bridgehead atoms. The van der Waals surface area contributed by atoms with Crippen molar-refractivity contribution in [2.24, 2.45) is 0 Å². The Hall–Kier alpha value is -2.24. The molecule has 3 heterocycles. The van der Waals surface area contributed by atoms with E-state index < -0.39 is 0 Å². The number of hydrogen-bond acceptors (Lipinski definition) is 5. The third kappa shape index (κ3) is 2.85. The summed E-state index contributed by atoms with van der Waals surface area (Å²) in [5.74, 6) is 0.956. The summed E-state index contributed by atoms with van der Waals surface area (Å²) < 4.78 is 1.55. The van der Waals surface area contributed by atoms with E-state index in [1.54, 1.807) is 23.0 Å². The molecule has 2 aromatic rings. The highest BCUT2D eigenvalue weighted by Gasteiger charge is 2.27. The first-order chi connectivity index (χ1) is 11.3. The van der Waals surface area contributed by atoms with E-state index in [9.17, 15) is 4.79 Å². The first kappa shape index (κ1) is 14.4. The summed E-state index contributed by atoms with van der Waals surface area (Å²) in [7, 11) is 0. The minimum absolute atomic E-state index is 0.0455. The second kappa shape index (κ2) is 6.10. The highest BCUT2D eigenvalue weighted by Crippen LogP contribution is 2.27. The smallest absolute Gasteiger partial charge is 0.266 e. The van der Waals surface area contributed by atoms with E-state index in [4.69, 9.17) is 0 Å². The van der Waals surface area contributed by atoms with Gasteiger partial charge in [0.15, 0.2) is 5.82 Å². The van der Waals surface area contributed by atoms with Crippen molar-refractivity contribution in [3.8, 4) is 0 Å². The number of nitrogens with zero attached hydrogens (tertiary/aromatic N) is 5. The molecule has 0 radical (unpaired) electrons. The molecule has 1 atom stereocenters. The van der Waals surface area contributed by atoms with Crippen LogP contribution in [-0.4, -0.2) is 32.6 Å². The Balaban J connectivity index is 1.58. The highest BCUT2D eigenvalue weighted by molar-refractivity contribution is 5.44. The Labute approximate surface area is 135 Å². The van der Waals surface area contributed by atoms with Gasteiger partial charge in [0.25, 0.3) is 5.56 Å². The lowest BCUT2D eigenvalue weighted by molar-refractivity contribution is 0.486. The Morgan fingerprint density at radius 2 is 2.09 bits per heavy atom. The van der Waals surface area contributed by atoms with Crippen LogP contribution in [0.15, 0.2) is 29.2 Å². The minimum atomic E-state index is -0.0455. The van der Waals surface area contributed by atoms with E-state index >= 15 is 0 Å². The van der Waals surface area contributed by atoms with Gasteiger partial charge in [-0.1, -0.05) is 0 Å². The lowest BCUT2D eigenvalue weighted by atomic mass is 9.97. The van der Waals surface area contributed by atoms with Crippen LogP contribution in [0.3, 0.4) is 0 Å². The number of fused-ring (bicyclic) bond motifs is 1. The molecule has 1 saturated heterocycles. The van der Waals surface area contributed by atoms with E-state index in [2.05, 4.69) is 26.3 Å². The van der Waals surface area contributed by atoms with E-state index in [1.165, 1.54) is 18.4 Å². The van der Waals surface area contributed by atoms with E-state index in [0.717, 1.165) is 43.7 Å².